The van der Waals surface area contributed by atoms with Crippen molar-refractivity contribution in [2.24, 2.45) is 0 Å². The van der Waals surface area contributed by atoms with Crippen molar-refractivity contribution in [1.82, 2.24) is 19.7 Å². The van der Waals surface area contributed by atoms with E-state index in [1.54, 1.807) is 28.9 Å². The number of hydrogen-bond acceptors (Lipinski definition) is 5. The van der Waals surface area contributed by atoms with Gasteiger partial charge in [0, 0.05) is 17.4 Å². The van der Waals surface area contributed by atoms with Crippen molar-refractivity contribution < 1.29 is 9.90 Å². The molecule has 0 saturated heterocycles. The third-order valence-electron chi connectivity index (χ3n) is 3.26. The number of carboxylic acid groups (broad SMARTS) is 1. The molecule has 1 aromatic carbocycles. The summed E-state index contributed by atoms with van der Waals surface area (Å²) in [5.74, 6) is 0.229. The summed E-state index contributed by atoms with van der Waals surface area (Å²) in [5, 5.41) is 16.5. The lowest BCUT2D eigenvalue weighted by Crippen LogP contribution is -2.04. The fourth-order valence-corrected chi connectivity index (χ4v) is 2.27. The van der Waals surface area contributed by atoms with Crippen LogP contribution in [-0.4, -0.2) is 30.8 Å². The van der Waals surface area contributed by atoms with E-state index < -0.39 is 5.97 Å². The predicted octanol–water partition coefficient (Wildman–Crippen LogP) is 2.72. The standard InChI is InChI=1S/C16H15N5O2/c1-10-6-11(2)21(20-10)15-8-14(17-9-18-15)19-13-5-3-4-12(7-13)16(22)23/h3-9H,1-2H3,(H,22,23)(H,17,18,19). The van der Waals surface area contributed by atoms with Gasteiger partial charge in [-0.1, -0.05) is 6.07 Å². The summed E-state index contributed by atoms with van der Waals surface area (Å²) < 4.78 is 1.73. The normalized spacial score (nSPS) is 10.5. The van der Waals surface area contributed by atoms with Gasteiger partial charge in [0.15, 0.2) is 5.82 Å². The fourth-order valence-electron chi connectivity index (χ4n) is 2.27. The molecule has 2 aromatic heterocycles. The average molecular weight is 309 g/mol. The van der Waals surface area contributed by atoms with Gasteiger partial charge in [-0.15, -0.1) is 0 Å². The van der Waals surface area contributed by atoms with E-state index in [1.165, 1.54) is 12.4 Å². The highest BCUT2D eigenvalue weighted by atomic mass is 16.4. The smallest absolute Gasteiger partial charge is 0.335 e. The minimum atomic E-state index is -0.973. The molecule has 0 aliphatic rings. The molecule has 0 amide bonds. The molecule has 2 N–H and O–H groups in total. The SMILES string of the molecule is Cc1cc(C)n(-c2cc(Nc3cccc(C(=O)O)c3)ncn2)n1. The Morgan fingerprint density at radius 2 is 2.00 bits per heavy atom. The van der Waals surface area contributed by atoms with Crippen LogP contribution in [0.3, 0.4) is 0 Å². The highest BCUT2D eigenvalue weighted by Crippen LogP contribution is 2.18. The van der Waals surface area contributed by atoms with Gasteiger partial charge in [0.05, 0.1) is 11.3 Å². The molecule has 3 rings (SSSR count). The van der Waals surface area contributed by atoms with E-state index in [2.05, 4.69) is 20.4 Å². The van der Waals surface area contributed by atoms with Gasteiger partial charge in [-0.05, 0) is 38.1 Å². The van der Waals surface area contributed by atoms with Crippen LogP contribution < -0.4 is 5.32 Å². The Balaban J connectivity index is 1.90. The molecule has 2 heterocycles. The summed E-state index contributed by atoms with van der Waals surface area (Å²) in [7, 11) is 0. The molecule has 7 heteroatoms. The monoisotopic (exact) mass is 309 g/mol. The molecule has 0 aliphatic heterocycles. The van der Waals surface area contributed by atoms with Crippen molar-refractivity contribution in [1.29, 1.82) is 0 Å². The summed E-state index contributed by atoms with van der Waals surface area (Å²) in [5.41, 5.74) is 2.73. The number of rotatable bonds is 4. The van der Waals surface area contributed by atoms with Crippen LogP contribution in [0.15, 0.2) is 42.7 Å². The average Bonchev–Trinajstić information content (AvgIpc) is 2.86. The van der Waals surface area contributed by atoms with E-state index in [9.17, 15) is 4.79 Å². The van der Waals surface area contributed by atoms with Crippen molar-refractivity contribution in [3.05, 3.63) is 59.7 Å². The van der Waals surface area contributed by atoms with Crippen LogP contribution in [-0.2, 0) is 0 Å². The van der Waals surface area contributed by atoms with E-state index in [4.69, 9.17) is 5.11 Å². The quantitative estimate of drug-likeness (QED) is 0.769. The van der Waals surface area contributed by atoms with E-state index >= 15 is 0 Å². The van der Waals surface area contributed by atoms with Gasteiger partial charge in [-0.25, -0.2) is 19.4 Å². The first-order valence-corrected chi connectivity index (χ1v) is 6.99. The van der Waals surface area contributed by atoms with Gasteiger partial charge >= 0.3 is 5.97 Å². The molecule has 0 radical (unpaired) electrons. The second kappa shape index (κ2) is 5.88. The maximum atomic E-state index is 11.0. The second-order valence-electron chi connectivity index (χ2n) is 5.11. The van der Waals surface area contributed by atoms with Gasteiger partial charge < -0.3 is 10.4 Å². The van der Waals surface area contributed by atoms with Crippen LogP contribution in [0.2, 0.25) is 0 Å². The van der Waals surface area contributed by atoms with Crippen LogP contribution >= 0.6 is 0 Å². The van der Waals surface area contributed by atoms with Gasteiger partial charge in [0.2, 0.25) is 0 Å². The van der Waals surface area contributed by atoms with E-state index in [0.717, 1.165) is 11.4 Å². The van der Waals surface area contributed by atoms with Crippen molar-refractivity contribution in [3.8, 4) is 5.82 Å². The number of benzene rings is 1. The van der Waals surface area contributed by atoms with Crippen LogP contribution in [0.1, 0.15) is 21.7 Å². The lowest BCUT2D eigenvalue weighted by molar-refractivity contribution is 0.0697. The van der Waals surface area contributed by atoms with Crippen molar-refractivity contribution >= 4 is 17.5 Å². The Morgan fingerprint density at radius 3 is 2.70 bits per heavy atom. The van der Waals surface area contributed by atoms with Gasteiger partial charge in [0.1, 0.15) is 12.1 Å². The fraction of sp³-hybridized carbons (Fsp3) is 0.125. The number of anilines is 2. The Hall–Kier alpha value is -3.22. The maximum Gasteiger partial charge on any atom is 0.335 e. The van der Waals surface area contributed by atoms with Crippen molar-refractivity contribution in [2.75, 3.05) is 5.32 Å². The first-order chi connectivity index (χ1) is 11.0. The van der Waals surface area contributed by atoms with Crippen LogP contribution in [0.25, 0.3) is 5.82 Å². The maximum absolute atomic E-state index is 11.0. The minimum Gasteiger partial charge on any atom is -0.478 e. The summed E-state index contributed by atoms with van der Waals surface area (Å²) in [4.78, 5) is 19.4. The molecule has 3 aromatic rings. The number of nitrogens with one attached hydrogen (secondary N) is 1. The molecule has 0 fully saturated rings. The summed E-state index contributed by atoms with van der Waals surface area (Å²) in [6.45, 7) is 3.87. The molecular formula is C16H15N5O2. The van der Waals surface area contributed by atoms with Crippen LogP contribution in [0, 0.1) is 13.8 Å². The third kappa shape index (κ3) is 3.18. The van der Waals surface area contributed by atoms with E-state index in [-0.39, 0.29) is 5.56 Å². The Labute approximate surface area is 132 Å². The lowest BCUT2D eigenvalue weighted by Gasteiger charge is -2.08. The zero-order valence-electron chi connectivity index (χ0n) is 12.7. The highest BCUT2D eigenvalue weighted by molar-refractivity contribution is 5.89. The summed E-state index contributed by atoms with van der Waals surface area (Å²) >= 11 is 0. The molecular weight excluding hydrogens is 294 g/mol. The highest BCUT2D eigenvalue weighted by Gasteiger charge is 2.08. The molecule has 116 valence electrons. The van der Waals surface area contributed by atoms with Crippen molar-refractivity contribution in [2.45, 2.75) is 13.8 Å². The first kappa shape index (κ1) is 14.7. The van der Waals surface area contributed by atoms with Gasteiger partial charge in [-0.2, -0.15) is 5.10 Å². The molecule has 0 aliphatic carbocycles. The number of nitrogens with zero attached hydrogens (tertiary/aromatic N) is 4. The van der Waals surface area contributed by atoms with Crippen LogP contribution in [0.4, 0.5) is 11.5 Å². The van der Waals surface area contributed by atoms with Crippen LogP contribution in [0.5, 0.6) is 0 Å². The number of hydrogen-bond donors (Lipinski definition) is 2. The molecule has 0 saturated carbocycles. The number of aromatic carboxylic acids is 1. The Bertz CT molecular complexity index is 872. The number of carbonyl (C=O) groups is 1. The van der Waals surface area contributed by atoms with Crippen molar-refractivity contribution in [3.63, 3.8) is 0 Å². The predicted molar refractivity (Wildman–Crippen MR) is 85.3 cm³/mol. The number of carboxylic acids is 1. The van der Waals surface area contributed by atoms with Gasteiger partial charge in [-0.3, -0.25) is 0 Å². The number of aromatic nitrogens is 4. The Morgan fingerprint density at radius 1 is 1.17 bits per heavy atom. The molecule has 0 bridgehead atoms. The summed E-state index contributed by atoms with van der Waals surface area (Å²) in [6, 6.07) is 10.3. The topological polar surface area (TPSA) is 92.9 Å². The largest absolute Gasteiger partial charge is 0.478 e. The zero-order valence-corrected chi connectivity index (χ0v) is 12.7. The molecule has 0 spiro atoms. The third-order valence-corrected chi connectivity index (χ3v) is 3.26. The van der Waals surface area contributed by atoms with E-state index in [1.807, 2.05) is 19.9 Å². The zero-order chi connectivity index (χ0) is 16.4. The summed E-state index contributed by atoms with van der Waals surface area (Å²) in [6.07, 6.45) is 1.44. The molecule has 7 nitrogen and oxygen atoms in total. The lowest BCUT2D eigenvalue weighted by atomic mass is 10.2. The minimum absolute atomic E-state index is 0.211. The molecule has 0 atom stereocenters. The second-order valence-corrected chi connectivity index (χ2v) is 5.11. The Kier molecular flexibility index (Phi) is 3.76. The van der Waals surface area contributed by atoms with E-state index in [0.29, 0.717) is 17.3 Å². The molecule has 23 heavy (non-hydrogen) atoms. The molecule has 0 unspecified atom stereocenters. The number of aryl methyl sites for hydroxylation is 2. The first-order valence-electron chi connectivity index (χ1n) is 6.99. The van der Waals surface area contributed by atoms with Gasteiger partial charge in [0.25, 0.3) is 0 Å².